The van der Waals surface area contributed by atoms with Crippen molar-refractivity contribution in [3.05, 3.63) is 48.1 Å². The molecule has 2 aliphatic rings. The third-order valence-corrected chi connectivity index (χ3v) is 4.30. The highest BCUT2D eigenvalue weighted by atomic mass is 16.5. The van der Waals surface area contributed by atoms with E-state index < -0.39 is 0 Å². The molecular weight excluding hydrogens is 290 g/mol. The lowest BCUT2D eigenvalue weighted by Gasteiger charge is -2.25. The van der Waals surface area contributed by atoms with Gasteiger partial charge in [-0.3, -0.25) is 14.5 Å². The molecule has 2 amide bonds. The van der Waals surface area contributed by atoms with Crippen LogP contribution in [0.1, 0.15) is 31.2 Å². The summed E-state index contributed by atoms with van der Waals surface area (Å²) in [4.78, 5) is 25.0. The highest BCUT2D eigenvalue weighted by Gasteiger charge is 2.19. The second-order valence-corrected chi connectivity index (χ2v) is 6.03. The number of ether oxygens (including phenoxy) is 1. The zero-order chi connectivity index (χ0) is 16.1. The molecule has 1 heterocycles. The Morgan fingerprint density at radius 1 is 1.35 bits per heavy atom. The largest absolute Gasteiger partial charge is 0.493 e. The van der Waals surface area contributed by atoms with Gasteiger partial charge in [-0.25, -0.2) is 0 Å². The van der Waals surface area contributed by atoms with Crippen LogP contribution in [0.2, 0.25) is 0 Å². The van der Waals surface area contributed by atoms with E-state index in [0.29, 0.717) is 12.5 Å². The summed E-state index contributed by atoms with van der Waals surface area (Å²) in [7, 11) is 0. The lowest BCUT2D eigenvalue weighted by molar-refractivity contribution is -0.139. The molecule has 1 aromatic rings. The maximum Gasteiger partial charge on any atom is 0.253 e. The molecule has 0 radical (unpaired) electrons. The summed E-state index contributed by atoms with van der Waals surface area (Å²) in [5.74, 6) is 0.987. The Labute approximate surface area is 136 Å². The maximum absolute atomic E-state index is 12.1. The van der Waals surface area contributed by atoms with Crippen molar-refractivity contribution >= 4 is 17.9 Å². The summed E-state index contributed by atoms with van der Waals surface area (Å²) in [5.41, 5.74) is 0.893. The predicted molar refractivity (Wildman–Crippen MR) is 88.8 cm³/mol. The molecule has 4 nitrogen and oxygen atoms in total. The van der Waals surface area contributed by atoms with Crippen LogP contribution in [-0.4, -0.2) is 29.9 Å². The second-order valence-electron chi connectivity index (χ2n) is 6.03. The average molecular weight is 311 g/mol. The maximum atomic E-state index is 12.1. The number of nitrogens with zero attached hydrogens (tertiary/aromatic N) is 1. The molecule has 3 rings (SSSR count). The summed E-state index contributed by atoms with van der Waals surface area (Å²) >= 11 is 0. The number of hydrogen-bond acceptors (Lipinski definition) is 3. The van der Waals surface area contributed by atoms with Crippen molar-refractivity contribution in [2.75, 3.05) is 13.2 Å². The SMILES string of the molecule is O=C1C=CCCN1C(=O)/C=C/c1cccc(OCC2CCC2)c1. The van der Waals surface area contributed by atoms with Crippen LogP contribution in [0.4, 0.5) is 0 Å². The molecule has 23 heavy (non-hydrogen) atoms. The average Bonchev–Trinajstić information content (AvgIpc) is 2.52. The third kappa shape index (κ3) is 4.09. The fourth-order valence-electron chi connectivity index (χ4n) is 2.65. The van der Waals surface area contributed by atoms with E-state index in [0.717, 1.165) is 24.3 Å². The van der Waals surface area contributed by atoms with Gasteiger partial charge >= 0.3 is 0 Å². The zero-order valence-electron chi connectivity index (χ0n) is 13.1. The monoisotopic (exact) mass is 311 g/mol. The van der Waals surface area contributed by atoms with Crippen LogP contribution >= 0.6 is 0 Å². The Balaban J connectivity index is 1.59. The first-order valence-electron chi connectivity index (χ1n) is 8.15. The molecule has 1 aliphatic heterocycles. The number of carbonyl (C=O) groups is 2. The van der Waals surface area contributed by atoms with Gasteiger partial charge in [0, 0.05) is 12.6 Å². The number of imide groups is 1. The molecule has 0 saturated heterocycles. The first kappa shape index (κ1) is 15.5. The zero-order valence-corrected chi connectivity index (χ0v) is 13.1. The van der Waals surface area contributed by atoms with E-state index in [4.69, 9.17) is 4.74 Å². The van der Waals surface area contributed by atoms with Gasteiger partial charge in [0.25, 0.3) is 11.8 Å². The van der Waals surface area contributed by atoms with Crippen LogP contribution in [-0.2, 0) is 9.59 Å². The molecule has 0 unspecified atom stereocenters. The molecule has 120 valence electrons. The van der Waals surface area contributed by atoms with Gasteiger partial charge < -0.3 is 4.74 Å². The van der Waals surface area contributed by atoms with Crippen LogP contribution in [0, 0.1) is 5.92 Å². The molecule has 1 fully saturated rings. The number of rotatable bonds is 5. The first-order valence-corrected chi connectivity index (χ1v) is 8.15. The van der Waals surface area contributed by atoms with Gasteiger partial charge in [-0.05, 0) is 55.0 Å². The van der Waals surface area contributed by atoms with E-state index in [9.17, 15) is 9.59 Å². The Morgan fingerprint density at radius 3 is 2.96 bits per heavy atom. The van der Waals surface area contributed by atoms with Crippen molar-refractivity contribution < 1.29 is 14.3 Å². The Hall–Kier alpha value is -2.36. The molecule has 0 atom stereocenters. The summed E-state index contributed by atoms with van der Waals surface area (Å²) in [6, 6.07) is 7.67. The molecular formula is C19H21NO3. The van der Waals surface area contributed by atoms with Gasteiger partial charge in [-0.1, -0.05) is 24.6 Å². The fourth-order valence-corrected chi connectivity index (χ4v) is 2.65. The minimum Gasteiger partial charge on any atom is -0.493 e. The molecule has 0 bridgehead atoms. The summed E-state index contributed by atoms with van der Waals surface area (Å²) in [6.45, 7) is 1.21. The van der Waals surface area contributed by atoms with E-state index in [1.807, 2.05) is 24.3 Å². The fraction of sp³-hybridized carbons (Fsp3) is 0.368. The van der Waals surface area contributed by atoms with E-state index in [-0.39, 0.29) is 11.8 Å². The van der Waals surface area contributed by atoms with Crippen LogP contribution in [0.5, 0.6) is 5.75 Å². The standard InChI is InChI=1S/C19H21NO3/c21-18-9-1-2-12-20(18)19(22)11-10-15-5-4-8-17(13-15)23-14-16-6-3-7-16/h1,4-5,8-11,13,16H,2-3,6-7,12,14H2/b11-10+. The van der Waals surface area contributed by atoms with Crippen LogP contribution in [0.15, 0.2) is 42.5 Å². The third-order valence-electron chi connectivity index (χ3n) is 4.30. The number of hydrogen-bond donors (Lipinski definition) is 0. The van der Waals surface area contributed by atoms with Crippen molar-refractivity contribution in [1.82, 2.24) is 4.90 Å². The molecule has 4 heteroatoms. The van der Waals surface area contributed by atoms with E-state index >= 15 is 0 Å². The topological polar surface area (TPSA) is 46.6 Å². The highest BCUT2D eigenvalue weighted by Crippen LogP contribution is 2.27. The van der Waals surface area contributed by atoms with Gasteiger partial charge in [0.05, 0.1) is 6.61 Å². The van der Waals surface area contributed by atoms with E-state index in [2.05, 4.69) is 0 Å². The Bertz CT molecular complexity index is 644. The summed E-state index contributed by atoms with van der Waals surface area (Å²) < 4.78 is 5.80. The normalized spacial score (nSPS) is 18.3. The Morgan fingerprint density at radius 2 is 2.22 bits per heavy atom. The van der Waals surface area contributed by atoms with Crippen LogP contribution in [0.3, 0.4) is 0 Å². The van der Waals surface area contributed by atoms with Gasteiger partial charge in [0.15, 0.2) is 0 Å². The Kier molecular flexibility index (Phi) is 4.91. The van der Waals surface area contributed by atoms with E-state index in [1.165, 1.54) is 36.3 Å². The number of carbonyl (C=O) groups excluding carboxylic acids is 2. The van der Waals surface area contributed by atoms with Gasteiger partial charge in [-0.2, -0.15) is 0 Å². The summed E-state index contributed by atoms with van der Waals surface area (Å²) in [5, 5.41) is 0. The highest BCUT2D eigenvalue weighted by molar-refractivity contribution is 6.06. The van der Waals surface area contributed by atoms with Gasteiger partial charge in [-0.15, -0.1) is 0 Å². The quantitative estimate of drug-likeness (QED) is 0.785. The molecule has 0 aromatic heterocycles. The molecule has 0 N–H and O–H groups in total. The number of benzene rings is 1. The smallest absolute Gasteiger partial charge is 0.253 e. The van der Waals surface area contributed by atoms with Crippen molar-refractivity contribution in [3.8, 4) is 5.75 Å². The van der Waals surface area contributed by atoms with Crippen molar-refractivity contribution in [1.29, 1.82) is 0 Å². The number of amides is 2. The molecule has 0 spiro atoms. The lowest BCUT2D eigenvalue weighted by Crippen LogP contribution is -2.37. The van der Waals surface area contributed by atoms with Crippen molar-refractivity contribution in [3.63, 3.8) is 0 Å². The predicted octanol–water partition coefficient (Wildman–Crippen LogP) is 3.19. The van der Waals surface area contributed by atoms with Crippen LogP contribution in [0.25, 0.3) is 6.08 Å². The van der Waals surface area contributed by atoms with Gasteiger partial charge in [0.2, 0.25) is 0 Å². The minimum absolute atomic E-state index is 0.247. The van der Waals surface area contributed by atoms with Crippen LogP contribution < -0.4 is 4.74 Å². The molecule has 1 saturated carbocycles. The summed E-state index contributed by atoms with van der Waals surface area (Å²) in [6.07, 6.45) is 11.0. The molecule has 1 aromatic carbocycles. The first-order chi connectivity index (χ1) is 11.2. The lowest BCUT2D eigenvalue weighted by atomic mass is 9.86. The molecule has 1 aliphatic carbocycles. The van der Waals surface area contributed by atoms with E-state index in [1.54, 1.807) is 12.2 Å². The second kappa shape index (κ2) is 7.27. The van der Waals surface area contributed by atoms with Crippen molar-refractivity contribution in [2.24, 2.45) is 5.92 Å². The minimum atomic E-state index is -0.278. The van der Waals surface area contributed by atoms with Crippen molar-refractivity contribution in [2.45, 2.75) is 25.7 Å². The van der Waals surface area contributed by atoms with Gasteiger partial charge in [0.1, 0.15) is 5.75 Å².